The molecule has 0 saturated carbocycles. The summed E-state index contributed by atoms with van der Waals surface area (Å²) in [6.07, 6.45) is 0. The molecule has 0 spiro atoms. The molecule has 1 aliphatic heterocycles. The second-order valence-electron chi connectivity index (χ2n) is 5.83. The quantitative estimate of drug-likeness (QED) is 0.598. The van der Waals surface area contributed by atoms with Crippen molar-refractivity contribution < 1.29 is 4.58 Å². The molecule has 0 fully saturated rings. The molecular formula is C19H22ClN2+. The van der Waals surface area contributed by atoms with Gasteiger partial charge in [-0.25, -0.2) is 9.48 Å². The lowest BCUT2D eigenvalue weighted by Gasteiger charge is -2.18. The van der Waals surface area contributed by atoms with Crippen molar-refractivity contribution >= 4 is 16.9 Å². The van der Waals surface area contributed by atoms with Gasteiger partial charge in [0, 0.05) is 11.6 Å². The van der Waals surface area contributed by atoms with Crippen LogP contribution in [0.15, 0.2) is 60.7 Å². The van der Waals surface area contributed by atoms with Crippen LogP contribution in [0.4, 0.5) is 0 Å². The summed E-state index contributed by atoms with van der Waals surface area (Å²) in [6, 6.07) is 21.7. The van der Waals surface area contributed by atoms with E-state index in [1.807, 2.05) is 0 Å². The van der Waals surface area contributed by atoms with Crippen molar-refractivity contribution in [2.45, 2.75) is 25.9 Å². The maximum absolute atomic E-state index is 6.70. The maximum Gasteiger partial charge on any atom is 0.346 e. The van der Waals surface area contributed by atoms with Crippen molar-refractivity contribution in [1.82, 2.24) is 4.90 Å². The molecule has 2 aromatic carbocycles. The van der Waals surface area contributed by atoms with Gasteiger partial charge in [-0.2, -0.15) is 0 Å². The van der Waals surface area contributed by atoms with E-state index in [-0.39, 0.29) is 0 Å². The van der Waals surface area contributed by atoms with Crippen molar-refractivity contribution in [3.05, 3.63) is 71.8 Å². The summed E-state index contributed by atoms with van der Waals surface area (Å²) in [6.45, 7) is 6.36. The molecule has 2 nitrogen and oxygen atoms in total. The van der Waals surface area contributed by atoms with Crippen LogP contribution in [-0.2, 0) is 0 Å². The minimum atomic E-state index is 0.293. The van der Waals surface area contributed by atoms with Crippen LogP contribution in [-0.4, -0.2) is 27.9 Å². The standard InChI is InChI=1S/C19H22ClN2/c1-15(17-9-5-3-6-10-17)21-13-14-22(19(21)20)16(2)18-11-7-4-8-12-18/h3-12,15-16H,13-14H2,1-2H3/q+1/t15-,16-/m0/s1. The van der Waals surface area contributed by atoms with E-state index in [0.29, 0.717) is 12.1 Å². The van der Waals surface area contributed by atoms with Crippen LogP contribution in [0.1, 0.15) is 37.1 Å². The summed E-state index contributed by atoms with van der Waals surface area (Å²) in [5.41, 5.74) is 2.60. The van der Waals surface area contributed by atoms with E-state index in [0.717, 1.165) is 18.4 Å². The van der Waals surface area contributed by atoms with Gasteiger partial charge in [0.2, 0.25) is 0 Å². The number of hydrogen-bond acceptors (Lipinski definition) is 1. The smallest absolute Gasteiger partial charge is 0.241 e. The Morgan fingerprint density at radius 1 is 0.909 bits per heavy atom. The molecule has 3 heteroatoms. The topological polar surface area (TPSA) is 6.25 Å². The summed E-state index contributed by atoms with van der Waals surface area (Å²) in [5.74, 6) is 0. The highest BCUT2D eigenvalue weighted by Crippen LogP contribution is 2.27. The van der Waals surface area contributed by atoms with Gasteiger partial charge in [-0.3, -0.25) is 0 Å². The van der Waals surface area contributed by atoms with Crippen LogP contribution in [0.25, 0.3) is 0 Å². The average molecular weight is 314 g/mol. The first-order chi connectivity index (χ1) is 10.7. The summed E-state index contributed by atoms with van der Waals surface area (Å²) < 4.78 is 2.29. The molecule has 22 heavy (non-hydrogen) atoms. The Kier molecular flexibility index (Phi) is 4.49. The summed E-state index contributed by atoms with van der Waals surface area (Å²) in [7, 11) is 0. The molecule has 3 rings (SSSR count). The minimum Gasteiger partial charge on any atom is -0.241 e. The Hall–Kier alpha value is -1.80. The highest BCUT2D eigenvalue weighted by atomic mass is 35.5. The number of halogens is 1. The van der Waals surface area contributed by atoms with Crippen molar-refractivity contribution in [1.29, 1.82) is 0 Å². The second kappa shape index (κ2) is 6.53. The Morgan fingerprint density at radius 2 is 1.45 bits per heavy atom. The van der Waals surface area contributed by atoms with Gasteiger partial charge in [-0.15, -0.1) is 0 Å². The van der Waals surface area contributed by atoms with E-state index < -0.39 is 0 Å². The third-order valence-corrected chi connectivity index (χ3v) is 4.99. The first-order valence-corrected chi connectivity index (χ1v) is 8.22. The molecule has 0 saturated heterocycles. The predicted octanol–water partition coefficient (Wildman–Crippen LogP) is 4.43. The molecule has 1 aliphatic rings. The molecular weight excluding hydrogens is 292 g/mol. The summed E-state index contributed by atoms with van der Waals surface area (Å²) >= 11 is 6.70. The van der Waals surface area contributed by atoms with Crippen LogP contribution >= 0.6 is 11.6 Å². The van der Waals surface area contributed by atoms with E-state index in [1.54, 1.807) is 0 Å². The summed E-state index contributed by atoms with van der Waals surface area (Å²) in [5, 5.41) is 0.854. The van der Waals surface area contributed by atoms with Gasteiger partial charge >= 0.3 is 5.29 Å². The molecule has 2 atom stereocenters. The largest absolute Gasteiger partial charge is 0.346 e. The van der Waals surface area contributed by atoms with Crippen LogP contribution in [0.2, 0.25) is 0 Å². The third-order valence-electron chi connectivity index (χ3n) is 4.55. The normalized spacial score (nSPS) is 17.7. The van der Waals surface area contributed by atoms with Gasteiger partial charge in [0.05, 0.1) is 0 Å². The molecule has 114 valence electrons. The molecule has 0 aliphatic carbocycles. The third kappa shape index (κ3) is 2.89. The van der Waals surface area contributed by atoms with Gasteiger partial charge in [-0.1, -0.05) is 60.7 Å². The molecule has 0 radical (unpaired) electrons. The van der Waals surface area contributed by atoms with Gasteiger partial charge in [0.25, 0.3) is 0 Å². The highest BCUT2D eigenvalue weighted by Gasteiger charge is 2.36. The van der Waals surface area contributed by atoms with Crippen LogP contribution in [0, 0.1) is 0 Å². The highest BCUT2D eigenvalue weighted by molar-refractivity contribution is 6.63. The fourth-order valence-corrected chi connectivity index (χ4v) is 3.56. The first kappa shape index (κ1) is 15.1. The van der Waals surface area contributed by atoms with Crippen LogP contribution in [0.5, 0.6) is 0 Å². The fourth-order valence-electron chi connectivity index (χ4n) is 3.09. The summed E-state index contributed by atoms with van der Waals surface area (Å²) in [4.78, 5) is 2.29. The van der Waals surface area contributed by atoms with Crippen molar-refractivity contribution in [2.75, 3.05) is 13.1 Å². The predicted molar refractivity (Wildman–Crippen MR) is 92.4 cm³/mol. The lowest BCUT2D eigenvalue weighted by molar-refractivity contribution is -0.557. The Morgan fingerprint density at radius 3 is 2.05 bits per heavy atom. The van der Waals surface area contributed by atoms with Gasteiger partial charge < -0.3 is 0 Å². The molecule has 0 aromatic heterocycles. The Balaban J connectivity index is 1.84. The van der Waals surface area contributed by atoms with E-state index >= 15 is 0 Å². The fraction of sp³-hybridized carbons (Fsp3) is 0.316. The Labute approximate surface area is 137 Å². The zero-order chi connectivity index (χ0) is 15.5. The van der Waals surface area contributed by atoms with Crippen molar-refractivity contribution in [3.63, 3.8) is 0 Å². The molecule has 0 unspecified atom stereocenters. The number of rotatable bonds is 4. The first-order valence-electron chi connectivity index (χ1n) is 7.84. The zero-order valence-corrected chi connectivity index (χ0v) is 13.9. The maximum atomic E-state index is 6.70. The second-order valence-corrected chi connectivity index (χ2v) is 6.17. The van der Waals surface area contributed by atoms with E-state index in [1.165, 1.54) is 11.1 Å². The van der Waals surface area contributed by atoms with Gasteiger partial charge in [-0.05, 0) is 25.0 Å². The molecule has 0 N–H and O–H groups in total. The number of amidine groups is 1. The van der Waals surface area contributed by atoms with Crippen molar-refractivity contribution in [2.24, 2.45) is 0 Å². The average Bonchev–Trinajstić information content (AvgIpc) is 2.96. The SMILES string of the molecule is C[C@@H](c1ccccc1)N1CC[N+]([C@@H](C)c2ccccc2)=C1Cl. The van der Waals surface area contributed by atoms with E-state index in [9.17, 15) is 0 Å². The van der Waals surface area contributed by atoms with E-state index in [2.05, 4.69) is 84.0 Å². The zero-order valence-electron chi connectivity index (χ0n) is 13.1. The number of nitrogens with zero attached hydrogens (tertiary/aromatic N) is 2. The number of benzene rings is 2. The molecule has 2 aromatic rings. The number of hydrogen-bond donors (Lipinski definition) is 0. The van der Waals surface area contributed by atoms with Gasteiger partial charge in [0.1, 0.15) is 25.2 Å². The van der Waals surface area contributed by atoms with Gasteiger partial charge in [0.15, 0.2) is 0 Å². The lowest BCUT2D eigenvalue weighted by atomic mass is 10.1. The molecule has 0 amide bonds. The Bertz CT molecular complexity index is 652. The minimum absolute atomic E-state index is 0.293. The van der Waals surface area contributed by atoms with Crippen LogP contribution in [0.3, 0.4) is 0 Å². The van der Waals surface area contributed by atoms with Crippen molar-refractivity contribution in [3.8, 4) is 0 Å². The molecule has 0 bridgehead atoms. The monoisotopic (exact) mass is 313 g/mol. The van der Waals surface area contributed by atoms with Crippen LogP contribution < -0.4 is 0 Å². The molecule has 1 heterocycles. The van der Waals surface area contributed by atoms with E-state index in [4.69, 9.17) is 11.6 Å². The lowest BCUT2D eigenvalue weighted by Crippen LogP contribution is -2.28.